The number of fused-ring (bicyclic) bond motifs is 13. The fourth-order valence-electron chi connectivity index (χ4n) is 9.13. The molecule has 2 aromatic heterocycles. The topological polar surface area (TPSA) is 43.6 Å². The van der Waals surface area contributed by atoms with E-state index in [1.807, 2.05) is 18.2 Å². The monoisotopic (exact) mass is 724 g/mol. The van der Waals surface area contributed by atoms with Crippen molar-refractivity contribution in [2.75, 3.05) is 0 Å². The van der Waals surface area contributed by atoms with Crippen LogP contribution < -0.4 is 0 Å². The highest BCUT2D eigenvalue weighted by Crippen LogP contribution is 2.47. The molecule has 12 rings (SSSR count). The summed E-state index contributed by atoms with van der Waals surface area (Å²) >= 11 is 0. The standard InChI is InChI=1S/C53H32N4/c1-3-17-33(18-4-1)51-54-52(45-31-34-19-7-8-22-36(34)37-23-9-10-24-38(37)45)56-53(55-51)46-32-44-40-26-12-14-28-42(40)50-49(48(44)41-27-13-11-25-39(41)46)43-29-15-16-30-47(43)57(50)35-20-5-2-6-21-35/h1-32H. The molecule has 0 fully saturated rings. The summed E-state index contributed by atoms with van der Waals surface area (Å²) in [6, 6.07) is 69.1. The normalized spacial score (nSPS) is 11.9. The van der Waals surface area contributed by atoms with Crippen molar-refractivity contribution in [3.05, 3.63) is 194 Å². The molecule has 0 aliphatic heterocycles. The van der Waals surface area contributed by atoms with Crippen LogP contribution in [0.15, 0.2) is 194 Å². The van der Waals surface area contributed by atoms with E-state index in [-0.39, 0.29) is 0 Å². The van der Waals surface area contributed by atoms with E-state index in [2.05, 4.69) is 180 Å². The van der Waals surface area contributed by atoms with Gasteiger partial charge in [-0.05, 0) is 73.4 Å². The van der Waals surface area contributed by atoms with Gasteiger partial charge >= 0.3 is 0 Å². The molecule has 57 heavy (non-hydrogen) atoms. The second kappa shape index (κ2) is 12.4. The Morgan fingerprint density at radius 2 is 0.807 bits per heavy atom. The Labute approximate surface area is 328 Å². The molecule has 0 saturated heterocycles. The zero-order chi connectivity index (χ0) is 37.5. The summed E-state index contributed by atoms with van der Waals surface area (Å²) in [5, 5.41) is 14.2. The third kappa shape index (κ3) is 4.77. The van der Waals surface area contributed by atoms with Crippen LogP contribution in [0.5, 0.6) is 0 Å². The van der Waals surface area contributed by atoms with Gasteiger partial charge in [-0.3, -0.25) is 0 Å². The Bertz CT molecular complexity index is 3570. The minimum Gasteiger partial charge on any atom is -0.309 e. The van der Waals surface area contributed by atoms with Crippen LogP contribution in [-0.4, -0.2) is 19.5 Å². The molecule has 264 valence electrons. The second-order valence-electron chi connectivity index (χ2n) is 14.7. The van der Waals surface area contributed by atoms with Crippen LogP contribution in [0, 0.1) is 0 Å². The molecule has 12 aromatic rings. The smallest absolute Gasteiger partial charge is 0.164 e. The number of rotatable bonds is 4. The zero-order valence-corrected chi connectivity index (χ0v) is 30.8. The van der Waals surface area contributed by atoms with Crippen molar-refractivity contribution in [2.24, 2.45) is 0 Å². The van der Waals surface area contributed by atoms with Gasteiger partial charge < -0.3 is 4.57 Å². The summed E-state index contributed by atoms with van der Waals surface area (Å²) in [5.74, 6) is 1.93. The second-order valence-corrected chi connectivity index (χ2v) is 14.7. The van der Waals surface area contributed by atoms with Crippen molar-refractivity contribution < 1.29 is 0 Å². The zero-order valence-electron chi connectivity index (χ0n) is 30.8. The van der Waals surface area contributed by atoms with Crippen molar-refractivity contribution in [3.8, 4) is 39.9 Å². The van der Waals surface area contributed by atoms with Crippen molar-refractivity contribution in [3.63, 3.8) is 0 Å². The fraction of sp³-hybridized carbons (Fsp3) is 0. The summed E-state index contributed by atoms with van der Waals surface area (Å²) in [6.45, 7) is 0. The van der Waals surface area contributed by atoms with Crippen LogP contribution in [0.2, 0.25) is 0 Å². The van der Waals surface area contributed by atoms with E-state index in [0.717, 1.165) is 43.9 Å². The minimum atomic E-state index is 0.642. The first-order chi connectivity index (χ1) is 28.3. The van der Waals surface area contributed by atoms with Crippen molar-refractivity contribution in [1.29, 1.82) is 0 Å². The Hall–Kier alpha value is -7.69. The van der Waals surface area contributed by atoms with Crippen LogP contribution in [0.25, 0.3) is 116 Å². The van der Waals surface area contributed by atoms with E-state index in [1.54, 1.807) is 0 Å². The molecule has 0 bridgehead atoms. The highest BCUT2D eigenvalue weighted by Gasteiger charge is 2.23. The molecule has 0 atom stereocenters. The molecular weight excluding hydrogens is 693 g/mol. The van der Waals surface area contributed by atoms with Crippen LogP contribution in [-0.2, 0) is 0 Å². The average Bonchev–Trinajstić information content (AvgIpc) is 3.64. The number of aromatic nitrogens is 4. The Balaban J connectivity index is 1.23. The first-order valence-corrected chi connectivity index (χ1v) is 19.4. The van der Waals surface area contributed by atoms with Gasteiger partial charge in [0, 0.05) is 43.9 Å². The first kappa shape index (κ1) is 31.6. The minimum absolute atomic E-state index is 0.642. The van der Waals surface area contributed by atoms with Crippen LogP contribution >= 0.6 is 0 Å². The molecule has 0 radical (unpaired) electrons. The van der Waals surface area contributed by atoms with E-state index in [1.165, 1.54) is 54.1 Å². The molecule has 0 unspecified atom stereocenters. The Morgan fingerprint density at radius 3 is 1.53 bits per heavy atom. The number of hydrogen-bond acceptors (Lipinski definition) is 3. The highest BCUT2D eigenvalue weighted by molar-refractivity contribution is 6.38. The molecule has 2 heterocycles. The average molecular weight is 725 g/mol. The molecule has 0 amide bonds. The van der Waals surface area contributed by atoms with Crippen molar-refractivity contribution in [2.45, 2.75) is 0 Å². The van der Waals surface area contributed by atoms with Gasteiger partial charge in [-0.1, -0.05) is 164 Å². The van der Waals surface area contributed by atoms with Gasteiger partial charge in [-0.2, -0.15) is 0 Å². The summed E-state index contributed by atoms with van der Waals surface area (Å²) in [4.78, 5) is 16.0. The molecule has 0 N–H and O–H groups in total. The van der Waals surface area contributed by atoms with Crippen molar-refractivity contribution in [1.82, 2.24) is 19.5 Å². The number of benzene rings is 10. The number of hydrogen-bond donors (Lipinski definition) is 0. The molecule has 0 spiro atoms. The third-order valence-corrected chi connectivity index (χ3v) is 11.6. The van der Waals surface area contributed by atoms with E-state index in [4.69, 9.17) is 15.0 Å². The predicted molar refractivity (Wildman–Crippen MR) is 238 cm³/mol. The van der Waals surface area contributed by atoms with E-state index >= 15 is 0 Å². The molecule has 0 aliphatic carbocycles. The number of para-hydroxylation sites is 2. The maximum absolute atomic E-state index is 5.42. The Kier molecular flexibility index (Phi) is 6.89. The lowest BCUT2D eigenvalue weighted by Crippen LogP contribution is -2.01. The van der Waals surface area contributed by atoms with Gasteiger partial charge in [-0.15, -0.1) is 0 Å². The lowest BCUT2D eigenvalue weighted by Gasteiger charge is -2.16. The van der Waals surface area contributed by atoms with E-state index < -0.39 is 0 Å². The summed E-state index contributed by atoms with van der Waals surface area (Å²) in [6.07, 6.45) is 0. The van der Waals surface area contributed by atoms with Gasteiger partial charge in [0.25, 0.3) is 0 Å². The fourth-order valence-corrected chi connectivity index (χ4v) is 9.13. The quantitative estimate of drug-likeness (QED) is 0.170. The van der Waals surface area contributed by atoms with Crippen LogP contribution in [0.1, 0.15) is 0 Å². The third-order valence-electron chi connectivity index (χ3n) is 11.6. The van der Waals surface area contributed by atoms with Crippen LogP contribution in [0.3, 0.4) is 0 Å². The molecule has 10 aromatic carbocycles. The maximum atomic E-state index is 5.42. The molecule has 0 saturated carbocycles. The lowest BCUT2D eigenvalue weighted by atomic mass is 9.90. The SMILES string of the molecule is c1ccc(-c2nc(-c3cc4ccccc4c4ccccc34)nc(-c3cc4c5ccccc5c5c(c6ccccc6n5-c5ccccc5)c4c4ccccc34)n2)cc1. The van der Waals surface area contributed by atoms with Crippen molar-refractivity contribution >= 4 is 75.7 Å². The lowest BCUT2D eigenvalue weighted by molar-refractivity contribution is 1.08. The van der Waals surface area contributed by atoms with Gasteiger partial charge in [0.1, 0.15) is 0 Å². The van der Waals surface area contributed by atoms with E-state index in [0.29, 0.717) is 17.5 Å². The summed E-state index contributed by atoms with van der Waals surface area (Å²) in [7, 11) is 0. The maximum Gasteiger partial charge on any atom is 0.164 e. The molecule has 4 nitrogen and oxygen atoms in total. The first-order valence-electron chi connectivity index (χ1n) is 19.4. The van der Waals surface area contributed by atoms with Crippen LogP contribution in [0.4, 0.5) is 0 Å². The predicted octanol–water partition coefficient (Wildman–Crippen LogP) is 13.7. The van der Waals surface area contributed by atoms with Gasteiger partial charge in [-0.25, -0.2) is 15.0 Å². The molecular formula is C53H32N4. The summed E-state index contributed by atoms with van der Waals surface area (Å²) < 4.78 is 2.44. The molecule has 0 aliphatic rings. The van der Waals surface area contributed by atoms with E-state index in [9.17, 15) is 0 Å². The van der Waals surface area contributed by atoms with Gasteiger partial charge in [0.05, 0.1) is 11.0 Å². The number of nitrogens with zero attached hydrogens (tertiary/aromatic N) is 4. The largest absolute Gasteiger partial charge is 0.309 e. The summed E-state index contributed by atoms with van der Waals surface area (Å²) in [5.41, 5.74) is 6.43. The Morgan fingerprint density at radius 1 is 0.316 bits per heavy atom. The van der Waals surface area contributed by atoms with Gasteiger partial charge in [0.15, 0.2) is 17.5 Å². The van der Waals surface area contributed by atoms with Gasteiger partial charge in [0.2, 0.25) is 0 Å². The molecule has 4 heteroatoms. The highest BCUT2D eigenvalue weighted by atomic mass is 15.0.